The van der Waals surface area contributed by atoms with E-state index in [1.807, 2.05) is 12.1 Å². The van der Waals surface area contributed by atoms with Gasteiger partial charge in [0.25, 0.3) is 5.91 Å². The maximum Gasteiger partial charge on any atom is 0.261 e. The Morgan fingerprint density at radius 3 is 2.92 bits per heavy atom. The number of hydrogen-bond acceptors (Lipinski definition) is 3. The number of halogens is 2. The number of fused-ring (bicyclic) bond motifs is 1. The topological polar surface area (TPSA) is 47.6 Å². The standard InChI is InChI=1S/C19H19Cl2NO3/c1-12(25-18-7-5-15(20)10-16(18)21)19(23)22-11-13-4-6-17-14(9-13)3-2-8-24-17/h4-7,9-10,12H,2-3,8,11H2,1H3,(H,22,23). The maximum atomic E-state index is 12.3. The lowest BCUT2D eigenvalue weighted by Gasteiger charge is -2.19. The quantitative estimate of drug-likeness (QED) is 0.836. The second-order valence-electron chi connectivity index (χ2n) is 5.95. The van der Waals surface area contributed by atoms with Gasteiger partial charge in [-0.2, -0.15) is 0 Å². The number of benzene rings is 2. The Labute approximate surface area is 157 Å². The first-order valence-electron chi connectivity index (χ1n) is 8.17. The zero-order chi connectivity index (χ0) is 17.8. The number of hydrogen-bond donors (Lipinski definition) is 1. The third-order valence-corrected chi connectivity index (χ3v) is 4.54. The van der Waals surface area contributed by atoms with Crippen molar-refractivity contribution in [2.24, 2.45) is 0 Å². The molecule has 0 fully saturated rings. The number of ether oxygens (including phenoxy) is 2. The van der Waals surface area contributed by atoms with Gasteiger partial charge in [0, 0.05) is 11.6 Å². The van der Waals surface area contributed by atoms with Crippen LogP contribution >= 0.6 is 23.2 Å². The molecule has 1 aliphatic heterocycles. The summed E-state index contributed by atoms with van der Waals surface area (Å²) in [6, 6.07) is 10.9. The summed E-state index contributed by atoms with van der Waals surface area (Å²) in [5, 5.41) is 3.78. The third-order valence-electron chi connectivity index (χ3n) is 4.01. The molecule has 0 bridgehead atoms. The molecule has 25 heavy (non-hydrogen) atoms. The van der Waals surface area contributed by atoms with Crippen LogP contribution < -0.4 is 14.8 Å². The minimum Gasteiger partial charge on any atom is -0.493 e. The second kappa shape index (κ2) is 7.98. The minimum absolute atomic E-state index is 0.208. The number of aryl methyl sites for hydroxylation is 1. The molecule has 1 aliphatic rings. The maximum absolute atomic E-state index is 12.3. The van der Waals surface area contributed by atoms with Gasteiger partial charge >= 0.3 is 0 Å². The highest BCUT2D eigenvalue weighted by Gasteiger charge is 2.17. The second-order valence-corrected chi connectivity index (χ2v) is 6.79. The Morgan fingerprint density at radius 1 is 1.28 bits per heavy atom. The number of carbonyl (C=O) groups excluding carboxylic acids is 1. The fourth-order valence-corrected chi connectivity index (χ4v) is 3.12. The molecule has 0 radical (unpaired) electrons. The highest BCUT2D eigenvalue weighted by atomic mass is 35.5. The molecular formula is C19H19Cl2NO3. The van der Waals surface area contributed by atoms with E-state index in [9.17, 15) is 4.79 Å². The van der Waals surface area contributed by atoms with Crippen LogP contribution in [0.1, 0.15) is 24.5 Å². The first kappa shape index (κ1) is 17.9. The van der Waals surface area contributed by atoms with Gasteiger partial charge in [0.05, 0.1) is 11.6 Å². The number of nitrogens with one attached hydrogen (secondary N) is 1. The van der Waals surface area contributed by atoms with Gasteiger partial charge in [-0.1, -0.05) is 35.3 Å². The van der Waals surface area contributed by atoms with Crippen molar-refractivity contribution in [1.82, 2.24) is 5.32 Å². The molecule has 2 aromatic carbocycles. The normalized spacial score (nSPS) is 14.2. The van der Waals surface area contributed by atoms with Crippen molar-refractivity contribution in [2.45, 2.75) is 32.4 Å². The van der Waals surface area contributed by atoms with Gasteiger partial charge in [-0.15, -0.1) is 0 Å². The van der Waals surface area contributed by atoms with Gasteiger partial charge in [0.15, 0.2) is 6.10 Å². The Bertz CT molecular complexity index is 779. The fourth-order valence-electron chi connectivity index (χ4n) is 2.67. The van der Waals surface area contributed by atoms with Crippen LogP contribution in [0.5, 0.6) is 11.5 Å². The van der Waals surface area contributed by atoms with E-state index in [4.69, 9.17) is 32.7 Å². The molecule has 0 aliphatic carbocycles. The number of amides is 1. The number of rotatable bonds is 5. The molecule has 132 valence electrons. The van der Waals surface area contributed by atoms with Gasteiger partial charge in [0.2, 0.25) is 0 Å². The summed E-state index contributed by atoms with van der Waals surface area (Å²) in [6.45, 7) is 2.89. The molecule has 0 saturated heterocycles. The van der Waals surface area contributed by atoms with Crippen LogP contribution in [-0.4, -0.2) is 18.6 Å². The highest BCUT2D eigenvalue weighted by molar-refractivity contribution is 6.35. The average molecular weight is 380 g/mol. The zero-order valence-electron chi connectivity index (χ0n) is 13.9. The Balaban J connectivity index is 1.56. The predicted octanol–water partition coefficient (Wildman–Crippen LogP) is 4.40. The SMILES string of the molecule is CC(Oc1ccc(Cl)cc1Cl)C(=O)NCc1ccc2c(c1)CCCO2. The van der Waals surface area contributed by atoms with Crippen molar-refractivity contribution >= 4 is 29.1 Å². The van der Waals surface area contributed by atoms with Crippen LogP contribution in [0.3, 0.4) is 0 Å². The molecule has 2 aromatic rings. The van der Waals surface area contributed by atoms with E-state index in [-0.39, 0.29) is 5.91 Å². The number of carbonyl (C=O) groups is 1. The Morgan fingerprint density at radius 2 is 2.12 bits per heavy atom. The fraction of sp³-hybridized carbons (Fsp3) is 0.316. The van der Waals surface area contributed by atoms with Crippen molar-refractivity contribution in [3.05, 3.63) is 57.6 Å². The molecular weight excluding hydrogens is 361 g/mol. The van der Waals surface area contributed by atoms with Gasteiger partial charge < -0.3 is 14.8 Å². The lowest BCUT2D eigenvalue weighted by molar-refractivity contribution is -0.127. The summed E-state index contributed by atoms with van der Waals surface area (Å²) in [4.78, 5) is 12.3. The lowest BCUT2D eigenvalue weighted by Crippen LogP contribution is -2.36. The Kier molecular flexibility index (Phi) is 5.71. The minimum atomic E-state index is -0.667. The van der Waals surface area contributed by atoms with Crippen LogP contribution in [0.25, 0.3) is 0 Å². The molecule has 1 amide bonds. The molecule has 1 unspecified atom stereocenters. The van der Waals surface area contributed by atoms with E-state index in [0.717, 1.165) is 30.8 Å². The van der Waals surface area contributed by atoms with Gasteiger partial charge in [-0.25, -0.2) is 0 Å². The van der Waals surface area contributed by atoms with Crippen LogP contribution in [-0.2, 0) is 17.8 Å². The highest BCUT2D eigenvalue weighted by Crippen LogP contribution is 2.28. The van der Waals surface area contributed by atoms with Crippen molar-refractivity contribution in [3.63, 3.8) is 0 Å². The van der Waals surface area contributed by atoms with Gasteiger partial charge in [-0.05, 0) is 55.2 Å². The summed E-state index contributed by atoms with van der Waals surface area (Å²) < 4.78 is 11.2. The predicted molar refractivity (Wildman–Crippen MR) is 98.7 cm³/mol. The van der Waals surface area contributed by atoms with E-state index in [1.54, 1.807) is 25.1 Å². The van der Waals surface area contributed by atoms with E-state index in [1.165, 1.54) is 5.56 Å². The van der Waals surface area contributed by atoms with E-state index < -0.39 is 6.10 Å². The lowest BCUT2D eigenvalue weighted by atomic mass is 10.0. The molecule has 6 heteroatoms. The van der Waals surface area contributed by atoms with Gasteiger partial charge in [-0.3, -0.25) is 4.79 Å². The summed E-state index contributed by atoms with van der Waals surface area (Å²) >= 11 is 11.9. The molecule has 0 spiro atoms. The molecule has 1 N–H and O–H groups in total. The first-order chi connectivity index (χ1) is 12.0. The molecule has 0 aromatic heterocycles. The molecule has 3 rings (SSSR count). The summed E-state index contributed by atoms with van der Waals surface area (Å²) in [5.41, 5.74) is 2.23. The summed E-state index contributed by atoms with van der Waals surface area (Å²) in [7, 11) is 0. The van der Waals surface area contributed by atoms with E-state index in [0.29, 0.717) is 22.3 Å². The van der Waals surface area contributed by atoms with E-state index in [2.05, 4.69) is 11.4 Å². The van der Waals surface area contributed by atoms with Crippen molar-refractivity contribution < 1.29 is 14.3 Å². The van der Waals surface area contributed by atoms with Crippen LogP contribution in [0.2, 0.25) is 10.0 Å². The monoisotopic (exact) mass is 379 g/mol. The van der Waals surface area contributed by atoms with Crippen LogP contribution in [0, 0.1) is 0 Å². The Hall–Kier alpha value is -1.91. The zero-order valence-corrected chi connectivity index (χ0v) is 15.4. The first-order valence-corrected chi connectivity index (χ1v) is 8.92. The largest absolute Gasteiger partial charge is 0.493 e. The molecule has 4 nitrogen and oxygen atoms in total. The molecule has 0 saturated carbocycles. The van der Waals surface area contributed by atoms with Crippen molar-refractivity contribution in [2.75, 3.05) is 6.61 Å². The summed E-state index contributed by atoms with van der Waals surface area (Å²) in [5.74, 6) is 1.16. The smallest absolute Gasteiger partial charge is 0.261 e. The average Bonchev–Trinajstić information content (AvgIpc) is 2.61. The van der Waals surface area contributed by atoms with Crippen molar-refractivity contribution in [1.29, 1.82) is 0 Å². The van der Waals surface area contributed by atoms with Crippen molar-refractivity contribution in [3.8, 4) is 11.5 Å². The van der Waals surface area contributed by atoms with Crippen LogP contribution in [0.15, 0.2) is 36.4 Å². The molecule has 1 heterocycles. The summed E-state index contributed by atoms with van der Waals surface area (Å²) in [6.07, 6.45) is 1.36. The van der Waals surface area contributed by atoms with Gasteiger partial charge in [0.1, 0.15) is 11.5 Å². The third kappa shape index (κ3) is 4.59. The molecule has 1 atom stereocenters. The van der Waals surface area contributed by atoms with Crippen LogP contribution in [0.4, 0.5) is 0 Å². The van der Waals surface area contributed by atoms with E-state index >= 15 is 0 Å².